The number of aromatic nitrogens is 2. The van der Waals surface area contributed by atoms with Crippen LogP contribution >= 0.6 is 0 Å². The van der Waals surface area contributed by atoms with Crippen molar-refractivity contribution in [1.29, 1.82) is 0 Å². The fourth-order valence-electron chi connectivity index (χ4n) is 5.77. The Bertz CT molecular complexity index is 1760. The van der Waals surface area contributed by atoms with Crippen molar-refractivity contribution in [3.05, 3.63) is 143 Å². The molecule has 9 heteroatoms. The molecule has 4 aromatic carbocycles. The summed E-state index contributed by atoms with van der Waals surface area (Å²) in [5.41, 5.74) is 1.54. The number of methoxy groups -OCH3 is 2. The lowest BCUT2D eigenvalue weighted by atomic mass is 9.77. The van der Waals surface area contributed by atoms with Crippen molar-refractivity contribution >= 4 is 6.02 Å². The van der Waals surface area contributed by atoms with Crippen molar-refractivity contribution in [3.63, 3.8) is 0 Å². The molecule has 2 atom stereocenters. The Morgan fingerprint density at radius 2 is 1.49 bits per heavy atom. The number of nitrogens with one attached hydrogen (secondary N) is 1. The molecular weight excluding hydrogens is 574 g/mol. The first-order chi connectivity index (χ1) is 21.8. The molecule has 0 spiro atoms. The van der Waals surface area contributed by atoms with Gasteiger partial charge in [-0.05, 0) is 78.6 Å². The highest BCUT2D eigenvalue weighted by Crippen LogP contribution is 2.41. The number of hydrogen-bond acceptors (Lipinski definition) is 6. The summed E-state index contributed by atoms with van der Waals surface area (Å²) in [6, 6.07) is 29.8. The third kappa shape index (κ3) is 5.50. The number of aliphatic imine (C=N–C) groups is 1. The lowest BCUT2D eigenvalue weighted by molar-refractivity contribution is 0.0868. The van der Waals surface area contributed by atoms with Gasteiger partial charge in [-0.3, -0.25) is 0 Å². The van der Waals surface area contributed by atoms with Crippen molar-refractivity contribution < 1.29 is 23.0 Å². The quantitative estimate of drug-likeness (QED) is 0.195. The summed E-state index contributed by atoms with van der Waals surface area (Å²) in [4.78, 5) is 4.78. The van der Waals surface area contributed by atoms with Gasteiger partial charge in [0.25, 0.3) is 6.02 Å². The smallest absolute Gasteiger partial charge is 0.286 e. The van der Waals surface area contributed by atoms with E-state index in [9.17, 15) is 0 Å². The minimum atomic E-state index is -1.62. The topological polar surface area (TPSA) is 69.9 Å². The second kappa shape index (κ2) is 12.1. The third-order valence-electron chi connectivity index (χ3n) is 8.33. The summed E-state index contributed by atoms with van der Waals surface area (Å²) in [5, 5.41) is 7.89. The van der Waals surface area contributed by atoms with Crippen LogP contribution in [-0.2, 0) is 15.8 Å². The zero-order valence-corrected chi connectivity index (χ0v) is 25.5. The molecular formula is C36H34F2N4O3. The van der Waals surface area contributed by atoms with Gasteiger partial charge in [0.1, 0.15) is 35.0 Å². The largest absolute Gasteiger partial charge is 0.497 e. The molecule has 1 N–H and O–H groups in total. The molecule has 2 heterocycles. The predicted molar refractivity (Wildman–Crippen MR) is 169 cm³/mol. The van der Waals surface area contributed by atoms with Crippen LogP contribution in [0.1, 0.15) is 34.7 Å². The van der Waals surface area contributed by atoms with Crippen LogP contribution in [0.5, 0.6) is 11.5 Å². The Balaban J connectivity index is 1.52. The summed E-state index contributed by atoms with van der Waals surface area (Å²) in [7, 11) is 3.23. The predicted octanol–water partition coefficient (Wildman–Crippen LogP) is 6.86. The number of amidine groups is 1. The fraction of sp³-hybridized carbons (Fsp3) is 0.222. The SMILES string of the molecule is COc1ccc(C(NC2=N[C@](C)(c3cc(-n4cc(C)cn4)ccc3F)[C@@H](F)CO2)(c2ccccc2)c2ccc(OC)cc2)cc1. The molecule has 45 heavy (non-hydrogen) atoms. The van der Waals surface area contributed by atoms with Crippen LogP contribution in [0.4, 0.5) is 8.78 Å². The molecule has 0 bridgehead atoms. The maximum Gasteiger partial charge on any atom is 0.286 e. The van der Waals surface area contributed by atoms with Gasteiger partial charge in [-0.1, -0.05) is 54.6 Å². The van der Waals surface area contributed by atoms with E-state index in [0.29, 0.717) is 17.2 Å². The van der Waals surface area contributed by atoms with Gasteiger partial charge in [0.2, 0.25) is 0 Å². The molecule has 5 aromatic rings. The summed E-state index contributed by atoms with van der Waals surface area (Å²) in [6.07, 6.45) is 1.91. The number of halogens is 2. The second-order valence-corrected chi connectivity index (χ2v) is 11.2. The Morgan fingerprint density at radius 1 is 0.889 bits per heavy atom. The van der Waals surface area contributed by atoms with E-state index >= 15 is 8.78 Å². The first kappa shape index (κ1) is 29.9. The van der Waals surface area contributed by atoms with E-state index in [-0.39, 0.29) is 18.2 Å². The highest BCUT2D eigenvalue weighted by atomic mass is 19.1. The molecule has 0 unspecified atom stereocenters. The molecule has 0 radical (unpaired) electrons. The molecule has 0 fully saturated rings. The number of hydrogen-bond donors (Lipinski definition) is 1. The summed E-state index contributed by atoms with van der Waals surface area (Å²) >= 11 is 0. The zero-order valence-electron chi connectivity index (χ0n) is 25.5. The van der Waals surface area contributed by atoms with Crippen LogP contribution in [0, 0.1) is 12.7 Å². The summed E-state index contributed by atoms with van der Waals surface area (Å²) in [5.74, 6) is 0.812. The van der Waals surface area contributed by atoms with Crippen molar-refractivity contribution in [2.75, 3.05) is 20.8 Å². The number of aryl methyl sites for hydroxylation is 1. The Hall–Kier alpha value is -5.18. The highest BCUT2D eigenvalue weighted by Gasteiger charge is 2.45. The van der Waals surface area contributed by atoms with Crippen LogP contribution in [-0.4, -0.2) is 42.8 Å². The van der Waals surface area contributed by atoms with Gasteiger partial charge in [-0.15, -0.1) is 0 Å². The maximum atomic E-state index is 15.9. The molecule has 1 aliphatic rings. The second-order valence-electron chi connectivity index (χ2n) is 11.2. The number of rotatable bonds is 8. The summed E-state index contributed by atoms with van der Waals surface area (Å²) in [6.45, 7) is 3.17. The van der Waals surface area contributed by atoms with E-state index in [2.05, 4.69) is 10.4 Å². The van der Waals surface area contributed by atoms with E-state index in [1.54, 1.807) is 44.2 Å². The number of benzene rings is 4. The van der Waals surface area contributed by atoms with E-state index in [0.717, 1.165) is 22.3 Å². The van der Waals surface area contributed by atoms with Gasteiger partial charge in [0.15, 0.2) is 6.17 Å². The molecule has 0 amide bonds. The Kier molecular flexibility index (Phi) is 8.01. The van der Waals surface area contributed by atoms with Gasteiger partial charge in [-0.2, -0.15) is 5.10 Å². The molecule has 1 aromatic heterocycles. The summed E-state index contributed by atoms with van der Waals surface area (Å²) < 4.78 is 49.9. The molecule has 1 aliphatic heterocycles. The van der Waals surface area contributed by atoms with Crippen LogP contribution < -0.4 is 14.8 Å². The van der Waals surface area contributed by atoms with Crippen LogP contribution in [0.2, 0.25) is 0 Å². The van der Waals surface area contributed by atoms with E-state index in [1.165, 1.54) is 6.07 Å². The fourth-order valence-corrected chi connectivity index (χ4v) is 5.77. The average molecular weight is 609 g/mol. The normalized spacial score (nSPS) is 18.1. The van der Waals surface area contributed by atoms with Crippen molar-refractivity contribution in [2.24, 2.45) is 4.99 Å². The first-order valence-corrected chi connectivity index (χ1v) is 14.6. The Morgan fingerprint density at radius 3 is 2.04 bits per heavy atom. The van der Waals surface area contributed by atoms with Crippen molar-refractivity contribution in [2.45, 2.75) is 31.1 Å². The molecule has 6 rings (SSSR count). The maximum absolute atomic E-state index is 15.9. The van der Waals surface area contributed by atoms with Crippen LogP contribution in [0.15, 0.2) is 114 Å². The number of nitrogens with zero attached hydrogens (tertiary/aromatic N) is 3. The van der Waals surface area contributed by atoms with E-state index < -0.39 is 23.1 Å². The van der Waals surface area contributed by atoms with Gasteiger partial charge >= 0.3 is 0 Å². The monoisotopic (exact) mass is 608 g/mol. The lowest BCUT2D eigenvalue weighted by Gasteiger charge is -2.41. The molecule has 0 saturated heterocycles. The molecule has 7 nitrogen and oxygen atoms in total. The van der Waals surface area contributed by atoms with Crippen molar-refractivity contribution in [3.8, 4) is 17.2 Å². The van der Waals surface area contributed by atoms with Crippen molar-refractivity contribution in [1.82, 2.24) is 15.1 Å². The molecule has 230 valence electrons. The minimum Gasteiger partial charge on any atom is -0.497 e. The zero-order chi connectivity index (χ0) is 31.6. The van der Waals surface area contributed by atoms with Crippen LogP contribution in [0.3, 0.4) is 0 Å². The van der Waals surface area contributed by atoms with Gasteiger partial charge in [0.05, 0.1) is 26.1 Å². The third-order valence-corrected chi connectivity index (χ3v) is 8.33. The Labute approximate surface area is 261 Å². The van der Waals surface area contributed by atoms with Gasteiger partial charge in [-0.25, -0.2) is 18.5 Å². The highest BCUT2D eigenvalue weighted by molar-refractivity contribution is 5.78. The average Bonchev–Trinajstić information content (AvgIpc) is 3.52. The lowest BCUT2D eigenvalue weighted by Crippen LogP contribution is -2.53. The first-order valence-electron chi connectivity index (χ1n) is 14.6. The standard InChI is InChI=1S/C36H34F2N4O3/c1-24-21-39-42(22-24)28-14-19-32(37)31(20-28)35(2)33(38)23-45-34(40-35)41-36(25-8-6-5-7-9-25,26-10-15-29(43-3)16-11-26)27-12-17-30(44-4)18-13-27/h5-22,33H,23H2,1-4H3,(H,40,41)/t33-,35+/m0/s1. The minimum absolute atomic E-state index is 0.0709. The number of alkyl halides is 1. The van der Waals surface area contributed by atoms with Gasteiger partial charge < -0.3 is 19.5 Å². The van der Waals surface area contributed by atoms with E-state index in [4.69, 9.17) is 19.2 Å². The van der Waals surface area contributed by atoms with E-state index in [1.807, 2.05) is 92.0 Å². The molecule has 0 saturated carbocycles. The van der Waals surface area contributed by atoms with Gasteiger partial charge in [0, 0.05) is 11.8 Å². The van der Waals surface area contributed by atoms with Crippen LogP contribution in [0.25, 0.3) is 5.69 Å². The molecule has 0 aliphatic carbocycles. The number of ether oxygens (including phenoxy) is 3.